The third-order valence-electron chi connectivity index (χ3n) is 2.91. The van der Waals surface area contributed by atoms with Crippen molar-refractivity contribution in [2.45, 2.75) is 11.3 Å². The topological polar surface area (TPSA) is 81.9 Å². The number of sulfonamides is 1. The number of nitrogens with two attached hydrogens (primary N) is 1. The molecule has 0 unspecified atom stereocenters. The molecule has 6 nitrogen and oxygen atoms in total. The first kappa shape index (κ1) is 17.8. The molecular weight excluding hydrogens is 299 g/mol. The number of benzene rings is 1. The minimum atomic E-state index is -3.79. The largest absolute Gasteiger partial charge is 0.396 e. The zero-order valence-electron chi connectivity index (χ0n) is 12.2. The molecule has 0 aliphatic heterocycles. The number of nitrogen functional groups attached to an aromatic ring is 1. The summed E-state index contributed by atoms with van der Waals surface area (Å²) in [5.41, 5.74) is 5.28. The van der Waals surface area contributed by atoms with Crippen LogP contribution in [0.2, 0.25) is 0 Å². The summed E-state index contributed by atoms with van der Waals surface area (Å²) < 4.78 is 49.6. The number of nitrogens with zero attached hydrogens (tertiary/aromatic N) is 1. The molecule has 0 spiro atoms. The average molecular weight is 320 g/mol. The molecule has 2 N–H and O–H groups in total. The highest BCUT2D eigenvalue weighted by atomic mass is 32.2. The summed E-state index contributed by atoms with van der Waals surface area (Å²) in [6, 6.07) is 3.47. The van der Waals surface area contributed by atoms with Crippen molar-refractivity contribution in [3.8, 4) is 0 Å². The van der Waals surface area contributed by atoms with Gasteiger partial charge in [-0.3, -0.25) is 0 Å². The molecule has 0 saturated carbocycles. The van der Waals surface area contributed by atoms with Crippen molar-refractivity contribution in [3.05, 3.63) is 24.0 Å². The minimum absolute atomic E-state index is 0.0863. The van der Waals surface area contributed by atoms with E-state index in [-0.39, 0.29) is 30.3 Å². The number of ether oxygens (including phenoxy) is 2. The Morgan fingerprint density at radius 3 is 2.43 bits per heavy atom. The van der Waals surface area contributed by atoms with E-state index in [1.807, 2.05) is 0 Å². The Bertz CT molecular complexity index is 551. The van der Waals surface area contributed by atoms with E-state index in [1.54, 1.807) is 7.11 Å². The second kappa shape index (κ2) is 8.28. The monoisotopic (exact) mass is 320 g/mol. The smallest absolute Gasteiger partial charge is 0.243 e. The van der Waals surface area contributed by atoms with Crippen molar-refractivity contribution in [2.75, 3.05) is 46.3 Å². The first-order valence-electron chi connectivity index (χ1n) is 6.46. The van der Waals surface area contributed by atoms with Gasteiger partial charge >= 0.3 is 0 Å². The van der Waals surface area contributed by atoms with Crippen LogP contribution < -0.4 is 5.73 Å². The van der Waals surface area contributed by atoms with Crippen molar-refractivity contribution in [1.82, 2.24) is 4.31 Å². The summed E-state index contributed by atoms with van der Waals surface area (Å²) in [5, 5.41) is 0. The van der Waals surface area contributed by atoms with E-state index in [0.717, 1.165) is 6.07 Å². The van der Waals surface area contributed by atoms with Crippen molar-refractivity contribution >= 4 is 15.7 Å². The highest BCUT2D eigenvalue weighted by molar-refractivity contribution is 7.89. The number of hydrogen-bond donors (Lipinski definition) is 1. The third kappa shape index (κ3) is 4.92. The normalized spacial score (nSPS) is 12.0. The molecule has 0 fully saturated rings. The van der Waals surface area contributed by atoms with Gasteiger partial charge in [-0.1, -0.05) is 0 Å². The summed E-state index contributed by atoms with van der Waals surface area (Å²) in [5.74, 6) is -0.750. The molecule has 21 heavy (non-hydrogen) atoms. The van der Waals surface area contributed by atoms with Crippen LogP contribution in [0.3, 0.4) is 0 Å². The van der Waals surface area contributed by atoms with E-state index in [9.17, 15) is 12.8 Å². The predicted octanol–water partition coefficient (Wildman–Crippen LogP) is 1.08. The van der Waals surface area contributed by atoms with Crippen molar-refractivity contribution < 1.29 is 22.3 Å². The van der Waals surface area contributed by atoms with Gasteiger partial charge < -0.3 is 15.2 Å². The van der Waals surface area contributed by atoms with E-state index < -0.39 is 15.8 Å². The van der Waals surface area contributed by atoms with Crippen molar-refractivity contribution in [1.29, 1.82) is 0 Å². The number of anilines is 1. The van der Waals surface area contributed by atoms with E-state index in [0.29, 0.717) is 13.0 Å². The molecule has 0 bridgehead atoms. The first-order valence-corrected chi connectivity index (χ1v) is 7.90. The third-order valence-corrected chi connectivity index (χ3v) is 4.81. The van der Waals surface area contributed by atoms with Crippen LogP contribution >= 0.6 is 0 Å². The summed E-state index contributed by atoms with van der Waals surface area (Å²) in [6.07, 6.45) is 0.539. The van der Waals surface area contributed by atoms with Crippen LogP contribution in [0.4, 0.5) is 10.1 Å². The molecule has 0 aliphatic carbocycles. The Hall–Kier alpha value is -1.22. The molecule has 0 aromatic heterocycles. The Labute approximate surface area is 124 Å². The number of halogens is 1. The molecule has 1 aromatic rings. The second-order valence-corrected chi connectivity index (χ2v) is 6.36. The van der Waals surface area contributed by atoms with Gasteiger partial charge in [0, 0.05) is 33.9 Å². The summed E-state index contributed by atoms with van der Waals surface area (Å²) in [7, 11) is -0.757. The van der Waals surface area contributed by atoms with Gasteiger partial charge in [-0.05, 0) is 24.6 Å². The van der Waals surface area contributed by atoms with Crippen molar-refractivity contribution in [2.24, 2.45) is 0 Å². The zero-order valence-corrected chi connectivity index (χ0v) is 13.0. The van der Waals surface area contributed by atoms with E-state index in [4.69, 9.17) is 15.2 Å². The van der Waals surface area contributed by atoms with E-state index >= 15 is 0 Å². The fourth-order valence-corrected chi connectivity index (χ4v) is 3.22. The van der Waals surface area contributed by atoms with Gasteiger partial charge in [-0.15, -0.1) is 0 Å². The van der Waals surface area contributed by atoms with Gasteiger partial charge in [0.15, 0.2) is 0 Å². The molecule has 0 atom stereocenters. The number of methoxy groups -OCH3 is 2. The van der Waals surface area contributed by atoms with Gasteiger partial charge in [0.25, 0.3) is 0 Å². The van der Waals surface area contributed by atoms with Crippen LogP contribution in [0.25, 0.3) is 0 Å². The molecule has 1 rings (SSSR count). The van der Waals surface area contributed by atoms with Crippen molar-refractivity contribution in [3.63, 3.8) is 0 Å². The Morgan fingerprint density at radius 1 is 1.19 bits per heavy atom. The summed E-state index contributed by atoms with van der Waals surface area (Å²) in [6.45, 7) is 1.15. The molecule has 0 saturated heterocycles. The quantitative estimate of drug-likeness (QED) is 0.544. The summed E-state index contributed by atoms with van der Waals surface area (Å²) >= 11 is 0. The van der Waals surface area contributed by atoms with Gasteiger partial charge in [-0.2, -0.15) is 4.31 Å². The summed E-state index contributed by atoms with van der Waals surface area (Å²) in [4.78, 5) is -0.122. The zero-order chi connectivity index (χ0) is 15.9. The molecule has 8 heteroatoms. The SMILES string of the molecule is COCCCN(CCOC)S(=O)(=O)c1ccc(N)c(F)c1. The maximum Gasteiger partial charge on any atom is 0.243 e. The highest BCUT2D eigenvalue weighted by Crippen LogP contribution is 2.20. The lowest BCUT2D eigenvalue weighted by Gasteiger charge is -2.22. The van der Waals surface area contributed by atoms with Gasteiger partial charge in [0.05, 0.1) is 17.2 Å². The molecule has 120 valence electrons. The Kier molecular flexibility index (Phi) is 7.03. The van der Waals surface area contributed by atoms with Crippen LogP contribution in [0.15, 0.2) is 23.1 Å². The maximum absolute atomic E-state index is 13.5. The van der Waals surface area contributed by atoms with Gasteiger partial charge in [0.1, 0.15) is 5.82 Å². The molecular formula is C13H21FN2O4S. The standard InChI is InChI=1S/C13H21FN2O4S/c1-19-8-3-6-16(7-9-20-2)21(17,18)11-4-5-13(15)12(14)10-11/h4-5,10H,3,6-9,15H2,1-2H3. The minimum Gasteiger partial charge on any atom is -0.396 e. The fourth-order valence-electron chi connectivity index (χ4n) is 1.75. The van der Waals surface area contributed by atoms with Gasteiger partial charge in [0.2, 0.25) is 10.0 Å². The van der Waals surface area contributed by atoms with Crippen LogP contribution in [-0.2, 0) is 19.5 Å². The predicted molar refractivity (Wildman–Crippen MR) is 77.9 cm³/mol. The van der Waals surface area contributed by atoms with Crippen LogP contribution in [0.5, 0.6) is 0 Å². The van der Waals surface area contributed by atoms with Crippen LogP contribution in [0, 0.1) is 5.82 Å². The number of hydrogen-bond acceptors (Lipinski definition) is 5. The molecule has 0 heterocycles. The lowest BCUT2D eigenvalue weighted by atomic mass is 10.3. The Balaban J connectivity index is 2.98. The highest BCUT2D eigenvalue weighted by Gasteiger charge is 2.24. The maximum atomic E-state index is 13.5. The van der Waals surface area contributed by atoms with Gasteiger partial charge in [-0.25, -0.2) is 12.8 Å². The van der Waals surface area contributed by atoms with E-state index in [1.165, 1.54) is 23.5 Å². The molecule has 0 radical (unpaired) electrons. The first-order chi connectivity index (χ1) is 9.93. The lowest BCUT2D eigenvalue weighted by Crippen LogP contribution is -2.35. The molecule has 1 aromatic carbocycles. The second-order valence-electron chi connectivity index (χ2n) is 4.43. The Morgan fingerprint density at radius 2 is 1.86 bits per heavy atom. The van der Waals surface area contributed by atoms with E-state index in [2.05, 4.69) is 0 Å². The molecule has 0 aliphatic rings. The number of rotatable bonds is 9. The fraction of sp³-hybridized carbons (Fsp3) is 0.538. The average Bonchev–Trinajstić information content (AvgIpc) is 2.45. The molecule has 0 amide bonds. The van der Waals surface area contributed by atoms with Crippen LogP contribution in [0.1, 0.15) is 6.42 Å². The lowest BCUT2D eigenvalue weighted by molar-refractivity contribution is 0.164. The van der Waals surface area contributed by atoms with Crippen LogP contribution in [-0.4, -0.2) is 53.2 Å².